The average molecular weight is 277 g/mol. The van der Waals surface area contributed by atoms with Gasteiger partial charge in [-0.05, 0) is 30.4 Å². The maximum absolute atomic E-state index is 11.9. The number of carbonyl (C=O) groups is 2. The Labute approximate surface area is 117 Å². The Kier molecular flexibility index (Phi) is 4.39. The summed E-state index contributed by atoms with van der Waals surface area (Å²) >= 11 is 0. The molecule has 1 aromatic carbocycles. The minimum absolute atomic E-state index is 0.0840. The van der Waals surface area contributed by atoms with Crippen molar-refractivity contribution < 1.29 is 19.8 Å². The highest BCUT2D eigenvalue weighted by Gasteiger charge is 2.44. The molecule has 0 saturated heterocycles. The standard InChI is InChI=1S/C15H19NO4/c17-9-8-16-13(18)10-15(14(19)20)7-3-5-11-4-1-2-6-12(11)15/h1-2,4,6,17H,3,5,7-10H2,(H,16,18)(H,19,20). The number of carboxylic acids is 1. The Balaban J connectivity index is 2.32. The molecule has 0 bridgehead atoms. The highest BCUT2D eigenvalue weighted by atomic mass is 16.4. The zero-order valence-electron chi connectivity index (χ0n) is 11.3. The molecule has 1 amide bonds. The SMILES string of the molecule is O=C(CC1(C(=O)O)CCCc2ccccc21)NCCO. The Bertz CT molecular complexity index is 514. The molecule has 0 heterocycles. The number of aliphatic carboxylic acids is 1. The number of aliphatic hydroxyl groups excluding tert-OH is 1. The zero-order chi connectivity index (χ0) is 14.6. The van der Waals surface area contributed by atoms with Crippen LogP contribution in [-0.2, 0) is 21.4 Å². The van der Waals surface area contributed by atoms with Gasteiger partial charge in [0.25, 0.3) is 0 Å². The first-order valence-corrected chi connectivity index (χ1v) is 6.79. The van der Waals surface area contributed by atoms with Crippen LogP contribution in [0, 0.1) is 0 Å². The van der Waals surface area contributed by atoms with Crippen LogP contribution in [0.15, 0.2) is 24.3 Å². The van der Waals surface area contributed by atoms with Crippen molar-refractivity contribution in [2.24, 2.45) is 0 Å². The van der Waals surface area contributed by atoms with E-state index in [4.69, 9.17) is 5.11 Å². The van der Waals surface area contributed by atoms with E-state index in [2.05, 4.69) is 5.32 Å². The fourth-order valence-electron chi connectivity index (χ4n) is 2.93. The molecule has 5 nitrogen and oxygen atoms in total. The van der Waals surface area contributed by atoms with Gasteiger partial charge in [0.2, 0.25) is 5.91 Å². The van der Waals surface area contributed by atoms with Crippen molar-refractivity contribution in [3.8, 4) is 0 Å². The second-order valence-corrected chi connectivity index (χ2v) is 5.15. The molecule has 1 atom stereocenters. The Morgan fingerprint density at radius 1 is 1.30 bits per heavy atom. The molecule has 1 unspecified atom stereocenters. The third kappa shape index (κ3) is 2.67. The summed E-state index contributed by atoms with van der Waals surface area (Å²) in [6.07, 6.45) is 1.99. The van der Waals surface area contributed by atoms with Crippen molar-refractivity contribution in [2.45, 2.75) is 31.1 Å². The Morgan fingerprint density at radius 3 is 2.75 bits per heavy atom. The van der Waals surface area contributed by atoms with E-state index < -0.39 is 11.4 Å². The zero-order valence-corrected chi connectivity index (χ0v) is 11.3. The van der Waals surface area contributed by atoms with E-state index in [-0.39, 0.29) is 25.5 Å². The number of amides is 1. The third-order valence-corrected chi connectivity index (χ3v) is 3.89. The van der Waals surface area contributed by atoms with Crippen LogP contribution < -0.4 is 5.32 Å². The maximum atomic E-state index is 11.9. The summed E-state index contributed by atoms with van der Waals surface area (Å²) in [5.74, 6) is -1.29. The monoisotopic (exact) mass is 277 g/mol. The predicted octanol–water partition coefficient (Wildman–Crippen LogP) is 0.844. The molecule has 108 valence electrons. The van der Waals surface area contributed by atoms with Crippen LogP contribution in [0.3, 0.4) is 0 Å². The minimum Gasteiger partial charge on any atom is -0.481 e. The number of hydrogen-bond donors (Lipinski definition) is 3. The number of aryl methyl sites for hydroxylation is 1. The number of benzene rings is 1. The molecule has 0 aromatic heterocycles. The maximum Gasteiger partial charge on any atom is 0.314 e. The second kappa shape index (κ2) is 6.05. The molecule has 3 N–H and O–H groups in total. The lowest BCUT2D eigenvalue weighted by molar-refractivity contribution is -0.147. The van der Waals surface area contributed by atoms with Crippen molar-refractivity contribution in [2.75, 3.05) is 13.2 Å². The number of carboxylic acid groups (broad SMARTS) is 1. The molecule has 0 saturated carbocycles. The van der Waals surface area contributed by atoms with E-state index in [1.807, 2.05) is 24.3 Å². The number of fused-ring (bicyclic) bond motifs is 1. The van der Waals surface area contributed by atoms with Crippen molar-refractivity contribution in [1.82, 2.24) is 5.32 Å². The van der Waals surface area contributed by atoms with Gasteiger partial charge in [-0.1, -0.05) is 24.3 Å². The summed E-state index contributed by atoms with van der Waals surface area (Å²) in [6.45, 7) is -0.00141. The summed E-state index contributed by atoms with van der Waals surface area (Å²) in [5, 5.41) is 20.9. The Hall–Kier alpha value is -1.88. The van der Waals surface area contributed by atoms with Crippen LogP contribution in [-0.4, -0.2) is 35.2 Å². The largest absolute Gasteiger partial charge is 0.481 e. The second-order valence-electron chi connectivity index (χ2n) is 5.15. The summed E-state index contributed by atoms with van der Waals surface area (Å²) in [5.41, 5.74) is 0.614. The van der Waals surface area contributed by atoms with Crippen LogP contribution in [0.2, 0.25) is 0 Å². The minimum atomic E-state index is -1.14. The van der Waals surface area contributed by atoms with Crippen molar-refractivity contribution in [3.05, 3.63) is 35.4 Å². The first-order valence-electron chi connectivity index (χ1n) is 6.79. The third-order valence-electron chi connectivity index (χ3n) is 3.89. The van der Waals surface area contributed by atoms with E-state index in [1.165, 1.54) is 0 Å². The first-order chi connectivity index (χ1) is 9.60. The highest BCUT2D eigenvalue weighted by molar-refractivity contribution is 5.90. The molecular formula is C15H19NO4. The molecular weight excluding hydrogens is 258 g/mol. The van der Waals surface area contributed by atoms with Gasteiger partial charge in [0.1, 0.15) is 5.41 Å². The lowest BCUT2D eigenvalue weighted by Crippen LogP contribution is -2.44. The fourth-order valence-corrected chi connectivity index (χ4v) is 2.93. The fraction of sp³-hybridized carbons (Fsp3) is 0.467. The van der Waals surface area contributed by atoms with E-state index >= 15 is 0 Å². The lowest BCUT2D eigenvalue weighted by Gasteiger charge is -2.35. The summed E-state index contributed by atoms with van der Waals surface area (Å²) in [7, 11) is 0. The quantitative estimate of drug-likeness (QED) is 0.744. The predicted molar refractivity (Wildman–Crippen MR) is 73.4 cm³/mol. The summed E-state index contributed by atoms with van der Waals surface area (Å²) < 4.78 is 0. The number of nitrogens with one attached hydrogen (secondary N) is 1. The van der Waals surface area contributed by atoms with Gasteiger partial charge in [0.05, 0.1) is 6.61 Å². The normalized spacial score (nSPS) is 21.1. The van der Waals surface area contributed by atoms with Crippen molar-refractivity contribution in [1.29, 1.82) is 0 Å². The van der Waals surface area contributed by atoms with Gasteiger partial charge >= 0.3 is 5.97 Å². The molecule has 20 heavy (non-hydrogen) atoms. The highest BCUT2D eigenvalue weighted by Crippen LogP contribution is 2.40. The van der Waals surface area contributed by atoms with Crippen LogP contribution in [0.25, 0.3) is 0 Å². The Morgan fingerprint density at radius 2 is 2.05 bits per heavy atom. The molecule has 0 aliphatic heterocycles. The number of rotatable bonds is 5. The van der Waals surface area contributed by atoms with E-state index in [1.54, 1.807) is 0 Å². The van der Waals surface area contributed by atoms with Crippen molar-refractivity contribution >= 4 is 11.9 Å². The van der Waals surface area contributed by atoms with Gasteiger partial charge in [-0.2, -0.15) is 0 Å². The number of carbonyl (C=O) groups excluding carboxylic acids is 1. The first kappa shape index (κ1) is 14.5. The van der Waals surface area contributed by atoms with E-state index in [9.17, 15) is 14.7 Å². The summed E-state index contributed by atoms with van der Waals surface area (Å²) in [6, 6.07) is 7.44. The molecule has 0 spiro atoms. The molecule has 0 fully saturated rings. The van der Waals surface area contributed by atoms with Gasteiger partial charge in [0.15, 0.2) is 0 Å². The molecule has 5 heteroatoms. The van der Waals surface area contributed by atoms with Crippen molar-refractivity contribution in [3.63, 3.8) is 0 Å². The van der Waals surface area contributed by atoms with Crippen LogP contribution in [0.1, 0.15) is 30.4 Å². The molecule has 1 aromatic rings. The van der Waals surface area contributed by atoms with Crippen LogP contribution >= 0.6 is 0 Å². The van der Waals surface area contributed by atoms with Gasteiger partial charge < -0.3 is 15.5 Å². The lowest BCUT2D eigenvalue weighted by atomic mass is 9.68. The molecule has 2 rings (SSSR count). The van der Waals surface area contributed by atoms with Gasteiger partial charge in [-0.3, -0.25) is 9.59 Å². The van der Waals surface area contributed by atoms with Crippen LogP contribution in [0.5, 0.6) is 0 Å². The van der Waals surface area contributed by atoms with Gasteiger partial charge in [-0.15, -0.1) is 0 Å². The van der Waals surface area contributed by atoms with E-state index in [0.717, 1.165) is 24.0 Å². The molecule has 1 aliphatic carbocycles. The topological polar surface area (TPSA) is 86.6 Å². The molecule has 1 aliphatic rings. The van der Waals surface area contributed by atoms with Gasteiger partial charge in [-0.25, -0.2) is 0 Å². The summed E-state index contributed by atoms with van der Waals surface area (Å²) in [4.78, 5) is 23.7. The van der Waals surface area contributed by atoms with Gasteiger partial charge in [0, 0.05) is 13.0 Å². The van der Waals surface area contributed by atoms with Crippen LogP contribution in [0.4, 0.5) is 0 Å². The molecule has 0 radical (unpaired) electrons. The average Bonchev–Trinajstić information content (AvgIpc) is 2.45. The van der Waals surface area contributed by atoms with E-state index in [0.29, 0.717) is 6.42 Å². The number of hydrogen-bond acceptors (Lipinski definition) is 3. The smallest absolute Gasteiger partial charge is 0.314 e. The number of aliphatic hydroxyl groups is 1.